The van der Waals surface area contributed by atoms with E-state index in [9.17, 15) is 0 Å². The van der Waals surface area contributed by atoms with Crippen LogP contribution in [-0.4, -0.2) is 4.57 Å². The molecule has 1 heterocycles. The molecular formula is C13H8N2. The quantitative estimate of drug-likeness (QED) is 0.538. The Labute approximate surface area is 87.0 Å². The lowest BCUT2D eigenvalue weighted by molar-refractivity contribution is 1.11. The first kappa shape index (κ1) is 8.07. The summed E-state index contributed by atoms with van der Waals surface area (Å²) in [5.74, 6) is 0. The average Bonchev–Trinajstić information content (AvgIpc) is 2.67. The predicted octanol–water partition coefficient (Wildman–Crippen LogP) is 3.12. The molecule has 0 atom stereocenters. The van der Waals surface area contributed by atoms with Crippen molar-refractivity contribution >= 4 is 21.5 Å². The van der Waals surface area contributed by atoms with E-state index in [0.29, 0.717) is 0 Å². The van der Waals surface area contributed by atoms with Gasteiger partial charge in [-0.1, -0.05) is 24.3 Å². The average molecular weight is 192 g/mol. The Balaban J connectivity index is 2.46. The number of hydrogen-bond donors (Lipinski definition) is 0. The van der Waals surface area contributed by atoms with Crippen molar-refractivity contribution < 1.29 is 0 Å². The molecule has 0 bridgehead atoms. The smallest absolute Gasteiger partial charge is 0.188 e. The van der Waals surface area contributed by atoms with Gasteiger partial charge in [-0.2, -0.15) is 5.26 Å². The maximum absolute atomic E-state index is 8.79. The van der Waals surface area contributed by atoms with Gasteiger partial charge in [-0.15, -0.1) is 0 Å². The van der Waals surface area contributed by atoms with E-state index >= 15 is 0 Å². The van der Waals surface area contributed by atoms with E-state index < -0.39 is 0 Å². The lowest BCUT2D eigenvalue weighted by atomic mass is 10.1. The minimum absolute atomic E-state index is 1.11. The van der Waals surface area contributed by atoms with Crippen molar-refractivity contribution in [2.45, 2.75) is 0 Å². The third-order valence-corrected chi connectivity index (χ3v) is 2.62. The van der Waals surface area contributed by atoms with Crippen LogP contribution in [0.3, 0.4) is 0 Å². The van der Waals surface area contributed by atoms with Gasteiger partial charge in [-0.3, -0.25) is 4.57 Å². The molecular weight excluding hydrogens is 184 g/mol. The molecule has 0 aliphatic carbocycles. The van der Waals surface area contributed by atoms with Crippen LogP contribution in [0.4, 0.5) is 0 Å². The van der Waals surface area contributed by atoms with Gasteiger partial charge in [0.05, 0.1) is 0 Å². The zero-order valence-corrected chi connectivity index (χ0v) is 8.01. The van der Waals surface area contributed by atoms with E-state index in [1.807, 2.05) is 24.5 Å². The third kappa shape index (κ3) is 1.18. The molecule has 0 unspecified atom stereocenters. The maximum atomic E-state index is 8.79. The van der Waals surface area contributed by atoms with Crippen molar-refractivity contribution in [3.05, 3.63) is 48.8 Å². The van der Waals surface area contributed by atoms with Gasteiger partial charge < -0.3 is 0 Å². The molecule has 0 aliphatic rings. The molecule has 2 nitrogen and oxygen atoms in total. The largest absolute Gasteiger partial charge is 0.261 e. The summed E-state index contributed by atoms with van der Waals surface area (Å²) < 4.78 is 1.53. The van der Waals surface area contributed by atoms with Gasteiger partial charge >= 0.3 is 0 Å². The van der Waals surface area contributed by atoms with Crippen molar-refractivity contribution in [3.8, 4) is 6.19 Å². The summed E-state index contributed by atoms with van der Waals surface area (Å²) in [5, 5.41) is 13.4. The van der Waals surface area contributed by atoms with Gasteiger partial charge in [0.1, 0.15) is 0 Å². The van der Waals surface area contributed by atoms with E-state index in [1.54, 1.807) is 0 Å². The number of benzene rings is 2. The van der Waals surface area contributed by atoms with Crippen LogP contribution >= 0.6 is 0 Å². The normalized spacial score (nSPS) is 10.6. The highest BCUT2D eigenvalue weighted by Crippen LogP contribution is 2.22. The number of nitriles is 1. The molecule has 1 aromatic heterocycles. The summed E-state index contributed by atoms with van der Waals surface area (Å²) >= 11 is 0. The molecule has 0 aliphatic heterocycles. The highest BCUT2D eigenvalue weighted by Gasteiger charge is 2.00. The summed E-state index contributed by atoms with van der Waals surface area (Å²) in [6.45, 7) is 0. The molecule has 0 saturated heterocycles. The van der Waals surface area contributed by atoms with E-state index in [-0.39, 0.29) is 0 Å². The standard InChI is InChI=1S/C13H8N2/c14-9-15-7-12-5-10-3-1-2-4-11(10)6-13(12)8-15/h1-8H. The zero-order valence-electron chi connectivity index (χ0n) is 8.01. The number of nitrogens with zero attached hydrogens (tertiary/aromatic N) is 2. The fourth-order valence-electron chi connectivity index (χ4n) is 1.89. The molecule has 15 heavy (non-hydrogen) atoms. The van der Waals surface area contributed by atoms with Crippen molar-refractivity contribution in [2.75, 3.05) is 0 Å². The molecule has 70 valence electrons. The Hall–Kier alpha value is -2.27. The summed E-state index contributed by atoms with van der Waals surface area (Å²) in [5.41, 5.74) is 0. The molecule has 2 aromatic carbocycles. The molecule has 0 N–H and O–H groups in total. The first-order valence-corrected chi connectivity index (χ1v) is 4.77. The van der Waals surface area contributed by atoms with Crippen molar-refractivity contribution in [3.63, 3.8) is 0 Å². The van der Waals surface area contributed by atoms with Crippen LogP contribution in [-0.2, 0) is 0 Å². The van der Waals surface area contributed by atoms with Gasteiger partial charge in [0.25, 0.3) is 0 Å². The molecule has 0 radical (unpaired) electrons. The Kier molecular flexibility index (Phi) is 1.54. The fraction of sp³-hybridized carbons (Fsp3) is 0. The topological polar surface area (TPSA) is 28.7 Å². The second-order valence-electron chi connectivity index (χ2n) is 3.59. The fourth-order valence-corrected chi connectivity index (χ4v) is 1.89. The van der Waals surface area contributed by atoms with E-state index in [4.69, 9.17) is 5.26 Å². The molecule has 0 saturated carbocycles. The van der Waals surface area contributed by atoms with Crippen LogP contribution in [0.1, 0.15) is 0 Å². The number of hydrogen-bond acceptors (Lipinski definition) is 1. The second-order valence-corrected chi connectivity index (χ2v) is 3.59. The lowest BCUT2D eigenvalue weighted by Crippen LogP contribution is -1.76. The molecule has 3 rings (SSSR count). The Morgan fingerprint density at radius 3 is 1.87 bits per heavy atom. The molecule has 0 amide bonds. The SMILES string of the molecule is N#Cn1cc2cc3ccccc3cc2c1. The lowest BCUT2D eigenvalue weighted by Gasteiger charge is -1.96. The minimum atomic E-state index is 1.11. The Morgan fingerprint density at radius 1 is 0.867 bits per heavy atom. The third-order valence-electron chi connectivity index (χ3n) is 2.62. The Bertz CT molecular complexity index is 634. The zero-order chi connectivity index (χ0) is 10.3. The van der Waals surface area contributed by atoms with Crippen LogP contribution < -0.4 is 0 Å². The Morgan fingerprint density at radius 2 is 1.40 bits per heavy atom. The van der Waals surface area contributed by atoms with Crippen LogP contribution in [0.5, 0.6) is 0 Å². The van der Waals surface area contributed by atoms with Gasteiger partial charge in [0.15, 0.2) is 6.19 Å². The first-order valence-electron chi connectivity index (χ1n) is 4.77. The number of rotatable bonds is 0. The summed E-state index contributed by atoms with van der Waals surface area (Å²) in [6.07, 6.45) is 5.79. The van der Waals surface area contributed by atoms with E-state index in [1.165, 1.54) is 15.3 Å². The van der Waals surface area contributed by atoms with Crippen LogP contribution in [0, 0.1) is 11.5 Å². The number of aromatic nitrogens is 1. The molecule has 0 fully saturated rings. The summed E-state index contributed by atoms with van der Waals surface area (Å²) in [6, 6.07) is 12.4. The van der Waals surface area contributed by atoms with Crippen LogP contribution in [0.15, 0.2) is 48.8 Å². The number of fused-ring (bicyclic) bond motifs is 2. The summed E-state index contributed by atoms with van der Waals surface area (Å²) in [7, 11) is 0. The molecule has 2 heteroatoms. The van der Waals surface area contributed by atoms with Crippen molar-refractivity contribution in [2.24, 2.45) is 0 Å². The van der Waals surface area contributed by atoms with E-state index in [2.05, 4.69) is 30.5 Å². The van der Waals surface area contributed by atoms with Gasteiger partial charge in [-0.05, 0) is 22.9 Å². The van der Waals surface area contributed by atoms with Gasteiger partial charge in [-0.25, -0.2) is 0 Å². The monoisotopic (exact) mass is 192 g/mol. The molecule has 3 aromatic rings. The van der Waals surface area contributed by atoms with Crippen LogP contribution in [0.2, 0.25) is 0 Å². The minimum Gasteiger partial charge on any atom is -0.261 e. The van der Waals surface area contributed by atoms with Gasteiger partial charge in [0.2, 0.25) is 0 Å². The maximum Gasteiger partial charge on any atom is 0.188 e. The van der Waals surface area contributed by atoms with Crippen LogP contribution in [0.25, 0.3) is 21.5 Å². The second kappa shape index (κ2) is 2.86. The molecule has 0 spiro atoms. The predicted molar refractivity (Wildman–Crippen MR) is 60.5 cm³/mol. The first-order chi connectivity index (χ1) is 7.36. The summed E-state index contributed by atoms with van der Waals surface area (Å²) in [4.78, 5) is 0. The highest BCUT2D eigenvalue weighted by atomic mass is 14.9. The van der Waals surface area contributed by atoms with Crippen molar-refractivity contribution in [1.82, 2.24) is 4.57 Å². The highest BCUT2D eigenvalue weighted by molar-refractivity contribution is 5.98. The van der Waals surface area contributed by atoms with Crippen molar-refractivity contribution in [1.29, 1.82) is 5.26 Å². The van der Waals surface area contributed by atoms with E-state index in [0.717, 1.165) is 10.8 Å². The van der Waals surface area contributed by atoms with Gasteiger partial charge in [0, 0.05) is 23.2 Å².